The van der Waals surface area contributed by atoms with Crippen LogP contribution in [-0.2, 0) is 4.74 Å². The highest BCUT2D eigenvalue weighted by atomic mass is 19.1. The lowest BCUT2D eigenvalue weighted by Gasteiger charge is -2.31. The number of piperidine rings is 1. The number of carbonyl (C=O) groups excluding carboxylic acids is 1. The van der Waals surface area contributed by atoms with Gasteiger partial charge >= 0.3 is 6.03 Å². The summed E-state index contributed by atoms with van der Waals surface area (Å²) in [6, 6.07) is 13.7. The highest BCUT2D eigenvalue weighted by Crippen LogP contribution is 2.23. The molecule has 1 atom stereocenters. The third-order valence-corrected chi connectivity index (χ3v) is 4.29. The number of carbonyl (C=O) groups is 1. The Morgan fingerprint density at radius 2 is 2.00 bits per heavy atom. The molecule has 0 radical (unpaired) electrons. The molecule has 5 heteroatoms. The predicted molar refractivity (Wildman–Crippen MR) is 92.5 cm³/mol. The Balaban J connectivity index is 1.70. The van der Waals surface area contributed by atoms with Crippen molar-refractivity contribution in [3.05, 3.63) is 54.3 Å². The molecule has 2 aromatic rings. The molecular formula is C19H21FN2O2. The molecular weight excluding hydrogens is 307 g/mol. The lowest BCUT2D eigenvalue weighted by atomic mass is 10.1. The van der Waals surface area contributed by atoms with Gasteiger partial charge in [-0.3, -0.25) is 0 Å². The SMILES string of the molecule is CO[C@@H]1CCCN(C(=O)Nc2cccc(-c3ccc(F)cc3)c2)C1. The van der Waals surface area contributed by atoms with Crippen molar-refractivity contribution in [2.24, 2.45) is 0 Å². The number of benzene rings is 2. The zero-order valence-corrected chi connectivity index (χ0v) is 13.7. The van der Waals surface area contributed by atoms with Gasteiger partial charge in [-0.2, -0.15) is 0 Å². The summed E-state index contributed by atoms with van der Waals surface area (Å²) in [6.07, 6.45) is 2.04. The minimum absolute atomic E-state index is 0.107. The molecule has 4 nitrogen and oxygen atoms in total. The fraction of sp³-hybridized carbons (Fsp3) is 0.316. The van der Waals surface area contributed by atoms with Crippen molar-refractivity contribution in [3.63, 3.8) is 0 Å². The number of urea groups is 1. The van der Waals surface area contributed by atoms with E-state index in [4.69, 9.17) is 4.74 Å². The maximum Gasteiger partial charge on any atom is 0.321 e. The monoisotopic (exact) mass is 328 g/mol. The van der Waals surface area contributed by atoms with Crippen LogP contribution in [-0.4, -0.2) is 37.2 Å². The Hall–Kier alpha value is -2.40. The quantitative estimate of drug-likeness (QED) is 0.920. The summed E-state index contributed by atoms with van der Waals surface area (Å²) in [6.45, 7) is 1.35. The number of ether oxygens (including phenoxy) is 1. The minimum atomic E-state index is -0.263. The smallest absolute Gasteiger partial charge is 0.321 e. The van der Waals surface area contributed by atoms with E-state index < -0.39 is 0 Å². The summed E-state index contributed by atoms with van der Waals surface area (Å²) in [5.74, 6) is -0.263. The van der Waals surface area contributed by atoms with Gasteiger partial charge in [-0.25, -0.2) is 9.18 Å². The zero-order valence-electron chi connectivity index (χ0n) is 13.7. The summed E-state index contributed by atoms with van der Waals surface area (Å²) in [7, 11) is 1.68. The number of nitrogens with zero attached hydrogens (tertiary/aromatic N) is 1. The third-order valence-electron chi connectivity index (χ3n) is 4.29. The summed E-state index contributed by atoms with van der Waals surface area (Å²) < 4.78 is 18.4. The first-order chi connectivity index (χ1) is 11.7. The van der Waals surface area contributed by atoms with Crippen LogP contribution < -0.4 is 5.32 Å². The maximum absolute atomic E-state index is 13.0. The van der Waals surface area contributed by atoms with Crippen LogP contribution in [0.4, 0.5) is 14.9 Å². The fourth-order valence-corrected chi connectivity index (χ4v) is 2.94. The number of nitrogens with one attached hydrogen (secondary N) is 1. The van der Waals surface area contributed by atoms with Gasteiger partial charge in [-0.05, 0) is 48.2 Å². The number of hydrogen-bond donors (Lipinski definition) is 1. The van der Waals surface area contributed by atoms with Crippen LogP contribution in [0.15, 0.2) is 48.5 Å². The van der Waals surface area contributed by atoms with Crippen LogP contribution in [0.3, 0.4) is 0 Å². The van der Waals surface area contributed by atoms with Crippen LogP contribution >= 0.6 is 0 Å². The van der Waals surface area contributed by atoms with E-state index in [2.05, 4.69) is 5.32 Å². The molecule has 1 aliphatic heterocycles. The molecule has 3 rings (SSSR count). The van der Waals surface area contributed by atoms with Gasteiger partial charge in [0.05, 0.1) is 6.10 Å². The molecule has 1 saturated heterocycles. The second kappa shape index (κ2) is 7.45. The Kier molecular flexibility index (Phi) is 5.11. The van der Waals surface area contributed by atoms with Gasteiger partial charge in [0.25, 0.3) is 0 Å². The van der Waals surface area contributed by atoms with E-state index in [0.717, 1.165) is 36.2 Å². The summed E-state index contributed by atoms with van der Waals surface area (Å²) >= 11 is 0. The topological polar surface area (TPSA) is 41.6 Å². The van der Waals surface area contributed by atoms with Gasteiger partial charge in [-0.15, -0.1) is 0 Å². The van der Waals surface area contributed by atoms with Gasteiger partial charge in [0.15, 0.2) is 0 Å². The third kappa shape index (κ3) is 3.92. The van der Waals surface area contributed by atoms with Gasteiger partial charge in [-0.1, -0.05) is 24.3 Å². The van der Waals surface area contributed by atoms with Crippen molar-refractivity contribution in [3.8, 4) is 11.1 Å². The van der Waals surface area contributed by atoms with E-state index in [1.54, 1.807) is 24.1 Å². The molecule has 0 spiro atoms. The molecule has 0 aliphatic carbocycles. The molecule has 2 aromatic carbocycles. The molecule has 0 saturated carbocycles. The van der Waals surface area contributed by atoms with Crippen LogP contribution in [0.2, 0.25) is 0 Å². The first kappa shape index (κ1) is 16.5. The molecule has 1 aliphatic rings. The van der Waals surface area contributed by atoms with Crippen molar-refractivity contribution in [1.29, 1.82) is 0 Å². The average molecular weight is 328 g/mol. The fourth-order valence-electron chi connectivity index (χ4n) is 2.94. The molecule has 0 unspecified atom stereocenters. The summed E-state index contributed by atoms with van der Waals surface area (Å²) in [5.41, 5.74) is 2.56. The highest BCUT2D eigenvalue weighted by Gasteiger charge is 2.23. The minimum Gasteiger partial charge on any atom is -0.380 e. The highest BCUT2D eigenvalue weighted by molar-refractivity contribution is 5.90. The number of methoxy groups -OCH3 is 1. The Labute approximate surface area is 141 Å². The molecule has 126 valence electrons. The van der Waals surface area contributed by atoms with E-state index in [0.29, 0.717) is 6.54 Å². The zero-order chi connectivity index (χ0) is 16.9. The largest absolute Gasteiger partial charge is 0.380 e. The van der Waals surface area contributed by atoms with E-state index in [1.807, 2.05) is 24.3 Å². The first-order valence-electron chi connectivity index (χ1n) is 8.10. The Morgan fingerprint density at radius 3 is 2.75 bits per heavy atom. The second-order valence-electron chi connectivity index (χ2n) is 5.96. The molecule has 1 fully saturated rings. The van der Waals surface area contributed by atoms with Gasteiger partial charge in [0.1, 0.15) is 5.82 Å². The molecule has 1 heterocycles. The van der Waals surface area contributed by atoms with E-state index in [-0.39, 0.29) is 18.0 Å². The Morgan fingerprint density at radius 1 is 1.21 bits per heavy atom. The first-order valence-corrected chi connectivity index (χ1v) is 8.10. The number of amides is 2. The lowest BCUT2D eigenvalue weighted by Crippen LogP contribution is -2.44. The van der Waals surface area contributed by atoms with E-state index in [1.165, 1.54) is 12.1 Å². The number of anilines is 1. The molecule has 24 heavy (non-hydrogen) atoms. The van der Waals surface area contributed by atoms with Crippen molar-refractivity contribution in [2.45, 2.75) is 18.9 Å². The number of hydrogen-bond acceptors (Lipinski definition) is 2. The summed E-state index contributed by atoms with van der Waals surface area (Å²) in [4.78, 5) is 14.2. The standard InChI is InChI=1S/C19H21FN2O2/c1-24-18-6-3-11-22(13-18)19(23)21-17-5-2-4-15(12-17)14-7-9-16(20)10-8-14/h2,4-5,7-10,12,18H,3,6,11,13H2,1H3,(H,21,23)/t18-/m1/s1. The van der Waals surface area contributed by atoms with Gasteiger partial charge in [0, 0.05) is 25.9 Å². The molecule has 0 bridgehead atoms. The van der Waals surface area contributed by atoms with Crippen molar-refractivity contribution in [1.82, 2.24) is 4.90 Å². The number of halogens is 1. The molecule has 1 N–H and O–H groups in total. The number of likely N-dealkylation sites (tertiary alicyclic amines) is 1. The second-order valence-corrected chi connectivity index (χ2v) is 5.96. The number of rotatable bonds is 3. The van der Waals surface area contributed by atoms with E-state index in [9.17, 15) is 9.18 Å². The predicted octanol–water partition coefficient (Wildman–Crippen LogP) is 4.14. The van der Waals surface area contributed by atoms with Crippen molar-refractivity contribution < 1.29 is 13.9 Å². The van der Waals surface area contributed by atoms with Gasteiger partial charge in [0.2, 0.25) is 0 Å². The van der Waals surface area contributed by atoms with Gasteiger partial charge < -0.3 is 15.0 Å². The van der Waals surface area contributed by atoms with Crippen molar-refractivity contribution in [2.75, 3.05) is 25.5 Å². The van der Waals surface area contributed by atoms with Crippen LogP contribution in [0.25, 0.3) is 11.1 Å². The maximum atomic E-state index is 13.0. The lowest BCUT2D eigenvalue weighted by molar-refractivity contribution is 0.0458. The normalized spacial score (nSPS) is 17.6. The van der Waals surface area contributed by atoms with Crippen molar-refractivity contribution >= 4 is 11.7 Å². The average Bonchev–Trinajstić information content (AvgIpc) is 2.62. The summed E-state index contributed by atoms with van der Waals surface area (Å²) in [5, 5.41) is 2.94. The van der Waals surface area contributed by atoms with E-state index >= 15 is 0 Å². The Bertz CT molecular complexity index is 703. The van der Waals surface area contributed by atoms with Crippen LogP contribution in [0, 0.1) is 5.82 Å². The van der Waals surface area contributed by atoms with Crippen LogP contribution in [0.5, 0.6) is 0 Å². The van der Waals surface area contributed by atoms with Crippen LogP contribution in [0.1, 0.15) is 12.8 Å². The molecule has 2 amide bonds. The molecule has 0 aromatic heterocycles.